The molecule has 0 aliphatic carbocycles. The summed E-state index contributed by atoms with van der Waals surface area (Å²) in [5.41, 5.74) is 5.76. The molecule has 1 aromatic heterocycles. The minimum atomic E-state index is -1.10. The average Bonchev–Trinajstić information content (AvgIpc) is 3.06. The number of rotatable bonds is 4. The van der Waals surface area contributed by atoms with Gasteiger partial charge in [0.05, 0.1) is 0 Å². The summed E-state index contributed by atoms with van der Waals surface area (Å²) in [6.45, 7) is 0.740. The van der Waals surface area contributed by atoms with Gasteiger partial charge in [0, 0.05) is 37.7 Å². The molecule has 7 heteroatoms. The molecule has 1 saturated heterocycles. The lowest BCUT2D eigenvalue weighted by molar-refractivity contribution is -0.127. The zero-order valence-corrected chi connectivity index (χ0v) is 12.5. The second-order valence-electron chi connectivity index (χ2n) is 5.46. The number of aromatic nitrogens is 1. The zero-order valence-electron chi connectivity index (χ0n) is 12.5. The molecule has 1 aliphatic rings. The summed E-state index contributed by atoms with van der Waals surface area (Å²) in [4.78, 5) is 24.1. The van der Waals surface area contributed by atoms with Gasteiger partial charge in [0.2, 0.25) is 11.7 Å². The lowest BCUT2D eigenvalue weighted by atomic mass is 9.89. The van der Waals surface area contributed by atoms with Crippen LogP contribution in [0.3, 0.4) is 0 Å². The molecule has 7 nitrogen and oxygen atoms in total. The van der Waals surface area contributed by atoms with E-state index in [-0.39, 0.29) is 5.76 Å². The summed E-state index contributed by atoms with van der Waals surface area (Å²) >= 11 is 0. The Morgan fingerprint density at radius 3 is 2.52 bits per heavy atom. The number of nitrogens with two attached hydrogens (primary N) is 1. The molecule has 0 bridgehead atoms. The number of carbonyl (C=O) groups is 2. The van der Waals surface area contributed by atoms with Gasteiger partial charge < -0.3 is 20.3 Å². The van der Waals surface area contributed by atoms with Crippen molar-refractivity contribution in [2.75, 3.05) is 13.2 Å². The number of carbonyl (C=O) groups excluding carboxylic acids is 2. The van der Waals surface area contributed by atoms with Crippen molar-refractivity contribution in [2.24, 2.45) is 5.73 Å². The first-order chi connectivity index (χ1) is 11.1. The number of nitrogens with zero attached hydrogens (tertiary/aromatic N) is 1. The molecule has 1 aromatic carbocycles. The minimum absolute atomic E-state index is 0.0379. The SMILES string of the molecule is NC(=O)C1(NC(=O)c2cc(-c3ccccc3)no2)CCOCC1. The third kappa shape index (κ3) is 3.09. The van der Waals surface area contributed by atoms with Gasteiger partial charge in [0.25, 0.3) is 5.91 Å². The molecule has 1 aliphatic heterocycles. The van der Waals surface area contributed by atoms with E-state index >= 15 is 0 Å². The fourth-order valence-electron chi connectivity index (χ4n) is 2.56. The molecule has 0 spiro atoms. The largest absolute Gasteiger partial charge is 0.381 e. The maximum Gasteiger partial charge on any atom is 0.290 e. The minimum Gasteiger partial charge on any atom is -0.381 e. The smallest absolute Gasteiger partial charge is 0.290 e. The van der Waals surface area contributed by atoms with Gasteiger partial charge in [0.1, 0.15) is 11.2 Å². The lowest BCUT2D eigenvalue weighted by Gasteiger charge is -2.34. The van der Waals surface area contributed by atoms with Gasteiger partial charge in [-0.15, -0.1) is 0 Å². The van der Waals surface area contributed by atoms with Gasteiger partial charge in [-0.1, -0.05) is 35.5 Å². The molecule has 2 aromatic rings. The summed E-state index contributed by atoms with van der Waals surface area (Å²) in [5, 5.41) is 6.58. The van der Waals surface area contributed by atoms with Crippen LogP contribution in [0.2, 0.25) is 0 Å². The molecule has 0 saturated carbocycles. The molecular weight excluding hydrogens is 298 g/mol. The highest BCUT2D eigenvalue weighted by Crippen LogP contribution is 2.23. The van der Waals surface area contributed by atoms with Crippen molar-refractivity contribution in [2.45, 2.75) is 18.4 Å². The van der Waals surface area contributed by atoms with E-state index in [0.717, 1.165) is 5.56 Å². The van der Waals surface area contributed by atoms with Crippen LogP contribution in [-0.4, -0.2) is 35.7 Å². The maximum atomic E-state index is 12.4. The Morgan fingerprint density at radius 2 is 1.87 bits per heavy atom. The van der Waals surface area contributed by atoms with Crippen molar-refractivity contribution < 1.29 is 18.8 Å². The molecule has 3 N–H and O–H groups in total. The normalized spacial score (nSPS) is 16.7. The molecule has 2 heterocycles. The third-order valence-electron chi connectivity index (χ3n) is 3.97. The second kappa shape index (κ2) is 6.21. The van der Waals surface area contributed by atoms with Gasteiger partial charge in [-0.2, -0.15) is 0 Å². The first-order valence-corrected chi connectivity index (χ1v) is 7.33. The number of primary amides is 1. The molecule has 0 radical (unpaired) electrons. The average molecular weight is 315 g/mol. The summed E-state index contributed by atoms with van der Waals surface area (Å²) < 4.78 is 10.3. The Kier molecular flexibility index (Phi) is 4.12. The highest BCUT2D eigenvalue weighted by Gasteiger charge is 2.40. The van der Waals surface area contributed by atoms with Crippen LogP contribution >= 0.6 is 0 Å². The number of amides is 2. The Labute approximate surface area is 132 Å². The van der Waals surface area contributed by atoms with E-state index in [4.69, 9.17) is 15.0 Å². The third-order valence-corrected chi connectivity index (χ3v) is 3.97. The number of benzene rings is 1. The summed E-state index contributed by atoms with van der Waals surface area (Å²) in [7, 11) is 0. The molecule has 0 atom stereocenters. The molecule has 0 unspecified atom stereocenters. The molecule has 3 rings (SSSR count). The van der Waals surface area contributed by atoms with Crippen molar-refractivity contribution in [1.29, 1.82) is 0 Å². The lowest BCUT2D eigenvalue weighted by Crippen LogP contribution is -2.60. The number of ether oxygens (including phenoxy) is 1. The number of hydrogen-bond donors (Lipinski definition) is 2. The molecule has 1 fully saturated rings. The van der Waals surface area contributed by atoms with Crippen LogP contribution in [0.15, 0.2) is 40.9 Å². The standard InChI is InChI=1S/C16H17N3O4/c17-15(21)16(6-8-22-9-7-16)18-14(20)13-10-12(19-23-13)11-4-2-1-3-5-11/h1-5,10H,6-9H2,(H2,17,21)(H,18,20). The monoisotopic (exact) mass is 315 g/mol. The van der Waals surface area contributed by atoms with E-state index in [0.29, 0.717) is 31.7 Å². The van der Waals surface area contributed by atoms with Gasteiger partial charge in [-0.25, -0.2) is 0 Å². The Hall–Kier alpha value is -2.67. The van der Waals surface area contributed by atoms with Crippen LogP contribution < -0.4 is 11.1 Å². The highest BCUT2D eigenvalue weighted by atomic mass is 16.5. The quantitative estimate of drug-likeness (QED) is 0.878. The summed E-state index contributed by atoms with van der Waals surface area (Å²) in [6, 6.07) is 10.9. The van der Waals surface area contributed by atoms with Crippen molar-refractivity contribution in [3.63, 3.8) is 0 Å². The van der Waals surface area contributed by atoms with Crippen LogP contribution in [0.1, 0.15) is 23.4 Å². The fourth-order valence-corrected chi connectivity index (χ4v) is 2.56. The van der Waals surface area contributed by atoms with Crippen LogP contribution in [0, 0.1) is 0 Å². The van der Waals surface area contributed by atoms with Gasteiger partial charge in [0.15, 0.2) is 0 Å². The second-order valence-corrected chi connectivity index (χ2v) is 5.46. The van der Waals surface area contributed by atoms with Crippen molar-refractivity contribution >= 4 is 11.8 Å². The Bertz CT molecular complexity index is 705. The van der Waals surface area contributed by atoms with Crippen LogP contribution in [0.4, 0.5) is 0 Å². The fraction of sp³-hybridized carbons (Fsp3) is 0.312. The Morgan fingerprint density at radius 1 is 1.17 bits per heavy atom. The topological polar surface area (TPSA) is 107 Å². The van der Waals surface area contributed by atoms with E-state index in [1.54, 1.807) is 6.07 Å². The first kappa shape index (κ1) is 15.2. The number of nitrogens with one attached hydrogen (secondary N) is 1. The molecular formula is C16H17N3O4. The molecule has 23 heavy (non-hydrogen) atoms. The van der Waals surface area contributed by atoms with Crippen LogP contribution in [-0.2, 0) is 9.53 Å². The van der Waals surface area contributed by atoms with Crippen LogP contribution in [0.5, 0.6) is 0 Å². The molecule has 2 amide bonds. The predicted molar refractivity (Wildman–Crippen MR) is 81.4 cm³/mol. The Balaban J connectivity index is 1.78. The zero-order chi connectivity index (χ0) is 16.3. The highest BCUT2D eigenvalue weighted by molar-refractivity contribution is 5.97. The summed E-state index contributed by atoms with van der Waals surface area (Å²) in [5.74, 6) is -1.05. The van der Waals surface area contributed by atoms with Crippen molar-refractivity contribution in [3.05, 3.63) is 42.2 Å². The number of hydrogen-bond acceptors (Lipinski definition) is 5. The van der Waals surface area contributed by atoms with Gasteiger partial charge in [-0.3, -0.25) is 9.59 Å². The van der Waals surface area contributed by atoms with Gasteiger partial charge >= 0.3 is 0 Å². The van der Waals surface area contributed by atoms with Gasteiger partial charge in [-0.05, 0) is 0 Å². The van der Waals surface area contributed by atoms with Crippen molar-refractivity contribution in [3.8, 4) is 11.3 Å². The van der Waals surface area contributed by atoms with E-state index in [9.17, 15) is 9.59 Å². The first-order valence-electron chi connectivity index (χ1n) is 7.33. The van der Waals surface area contributed by atoms with E-state index < -0.39 is 17.4 Å². The van der Waals surface area contributed by atoms with E-state index in [2.05, 4.69) is 10.5 Å². The van der Waals surface area contributed by atoms with Crippen molar-refractivity contribution in [1.82, 2.24) is 10.5 Å². The van der Waals surface area contributed by atoms with Crippen LogP contribution in [0.25, 0.3) is 11.3 Å². The van der Waals surface area contributed by atoms with E-state index in [1.807, 2.05) is 30.3 Å². The molecule has 120 valence electrons. The maximum absolute atomic E-state index is 12.4. The summed E-state index contributed by atoms with van der Waals surface area (Å²) in [6.07, 6.45) is 0.682. The predicted octanol–water partition coefficient (Wildman–Crippen LogP) is 1.11. The van der Waals surface area contributed by atoms with E-state index in [1.165, 1.54) is 0 Å².